The van der Waals surface area contributed by atoms with Crippen LogP contribution in [0.3, 0.4) is 0 Å². The van der Waals surface area contributed by atoms with Crippen LogP contribution in [0, 0.1) is 11.3 Å². The Bertz CT molecular complexity index is 359. The lowest BCUT2D eigenvalue weighted by molar-refractivity contribution is 0.260. The van der Waals surface area contributed by atoms with Gasteiger partial charge in [-0.3, -0.25) is 0 Å². The summed E-state index contributed by atoms with van der Waals surface area (Å²) in [5.74, 6) is -0.00471. The molecule has 0 heterocycles. The fourth-order valence-corrected chi connectivity index (χ4v) is 2.22. The average molecular weight is 258 g/mol. The summed E-state index contributed by atoms with van der Waals surface area (Å²) in [6, 6.07) is 12.6. The van der Waals surface area contributed by atoms with E-state index in [2.05, 4.69) is 36.9 Å². The Morgan fingerprint density at radius 1 is 1.05 bits per heavy atom. The summed E-state index contributed by atoms with van der Waals surface area (Å²) in [5.41, 5.74) is 1.14. The van der Waals surface area contributed by atoms with E-state index in [1.54, 1.807) is 0 Å². The molecule has 1 unspecified atom stereocenters. The van der Waals surface area contributed by atoms with Gasteiger partial charge in [0, 0.05) is 6.54 Å². The summed E-state index contributed by atoms with van der Waals surface area (Å²) >= 11 is 0. The summed E-state index contributed by atoms with van der Waals surface area (Å²) in [6.07, 6.45) is 4.86. The van der Waals surface area contributed by atoms with Gasteiger partial charge in [0.25, 0.3) is 0 Å². The smallest absolute Gasteiger partial charge is 0.0839 e. The molecule has 0 aromatic heterocycles. The first-order valence-electron chi connectivity index (χ1n) is 7.48. The Hall–Kier alpha value is -1.33. The monoisotopic (exact) mass is 258 g/mol. The third-order valence-corrected chi connectivity index (χ3v) is 3.45. The van der Waals surface area contributed by atoms with Gasteiger partial charge in [-0.1, -0.05) is 57.0 Å². The predicted octanol–water partition coefficient (Wildman–Crippen LogP) is 4.20. The van der Waals surface area contributed by atoms with Crippen molar-refractivity contribution >= 4 is 0 Å². The molecule has 0 saturated heterocycles. The van der Waals surface area contributed by atoms with E-state index in [0.29, 0.717) is 0 Å². The van der Waals surface area contributed by atoms with Gasteiger partial charge in [-0.15, -0.1) is 0 Å². The highest BCUT2D eigenvalue weighted by Gasteiger charge is 2.14. The third-order valence-electron chi connectivity index (χ3n) is 3.45. The molecular weight excluding hydrogens is 232 g/mol. The van der Waals surface area contributed by atoms with Gasteiger partial charge < -0.3 is 4.90 Å². The van der Waals surface area contributed by atoms with Gasteiger partial charge in [-0.05, 0) is 31.5 Å². The van der Waals surface area contributed by atoms with E-state index >= 15 is 0 Å². The number of hydrogen-bond acceptors (Lipinski definition) is 2. The maximum Gasteiger partial charge on any atom is 0.0839 e. The van der Waals surface area contributed by atoms with Crippen molar-refractivity contribution in [1.29, 1.82) is 5.26 Å². The van der Waals surface area contributed by atoms with Crippen LogP contribution in [-0.4, -0.2) is 24.5 Å². The van der Waals surface area contributed by atoms with Crippen LogP contribution < -0.4 is 0 Å². The van der Waals surface area contributed by atoms with E-state index in [1.165, 1.54) is 25.7 Å². The van der Waals surface area contributed by atoms with Crippen molar-refractivity contribution in [2.75, 3.05) is 19.6 Å². The van der Waals surface area contributed by atoms with Crippen molar-refractivity contribution in [2.24, 2.45) is 0 Å². The molecular formula is C17H26N2. The molecule has 19 heavy (non-hydrogen) atoms. The lowest BCUT2D eigenvalue weighted by atomic mass is 10.00. The van der Waals surface area contributed by atoms with Crippen LogP contribution in [0.2, 0.25) is 0 Å². The second kappa shape index (κ2) is 9.58. The van der Waals surface area contributed by atoms with E-state index in [4.69, 9.17) is 0 Å². The standard InChI is InChI=1S/C17H26N2/c1-3-5-12-19(13-6-4-2)15-17(14-18)16-10-8-7-9-11-16/h7-11,17H,3-6,12-13,15H2,1-2H3. The summed E-state index contributed by atoms with van der Waals surface area (Å²) in [5, 5.41) is 9.40. The molecule has 0 N–H and O–H groups in total. The number of nitriles is 1. The Morgan fingerprint density at radius 3 is 2.11 bits per heavy atom. The normalized spacial score (nSPS) is 12.3. The summed E-state index contributed by atoms with van der Waals surface area (Å²) < 4.78 is 0. The second-order valence-corrected chi connectivity index (χ2v) is 5.10. The molecule has 0 aliphatic rings. The van der Waals surface area contributed by atoms with Crippen LogP contribution in [0.25, 0.3) is 0 Å². The Kier molecular flexibility index (Phi) is 7.93. The lowest BCUT2D eigenvalue weighted by Gasteiger charge is -2.24. The van der Waals surface area contributed by atoms with Crippen molar-refractivity contribution in [3.8, 4) is 6.07 Å². The highest BCUT2D eigenvalue weighted by Crippen LogP contribution is 2.16. The van der Waals surface area contributed by atoms with Crippen LogP contribution in [0.1, 0.15) is 51.0 Å². The van der Waals surface area contributed by atoms with E-state index in [9.17, 15) is 5.26 Å². The summed E-state index contributed by atoms with van der Waals surface area (Å²) in [6.45, 7) is 7.53. The van der Waals surface area contributed by atoms with Crippen LogP contribution in [0.5, 0.6) is 0 Å². The molecule has 0 amide bonds. The number of rotatable bonds is 9. The lowest BCUT2D eigenvalue weighted by Crippen LogP contribution is -2.30. The molecule has 0 fully saturated rings. The van der Waals surface area contributed by atoms with Crippen LogP contribution in [0.15, 0.2) is 30.3 Å². The molecule has 0 saturated carbocycles. The number of benzene rings is 1. The van der Waals surface area contributed by atoms with Gasteiger partial charge in [0.2, 0.25) is 0 Å². The number of hydrogen-bond donors (Lipinski definition) is 0. The van der Waals surface area contributed by atoms with E-state index in [0.717, 1.165) is 25.2 Å². The van der Waals surface area contributed by atoms with Crippen molar-refractivity contribution in [3.63, 3.8) is 0 Å². The van der Waals surface area contributed by atoms with Crippen molar-refractivity contribution in [3.05, 3.63) is 35.9 Å². The van der Waals surface area contributed by atoms with Crippen LogP contribution in [0.4, 0.5) is 0 Å². The molecule has 0 bridgehead atoms. The zero-order valence-corrected chi connectivity index (χ0v) is 12.3. The van der Waals surface area contributed by atoms with Gasteiger partial charge in [-0.25, -0.2) is 0 Å². The van der Waals surface area contributed by atoms with Crippen LogP contribution >= 0.6 is 0 Å². The van der Waals surface area contributed by atoms with Gasteiger partial charge in [0.1, 0.15) is 0 Å². The predicted molar refractivity (Wildman–Crippen MR) is 81.1 cm³/mol. The Morgan fingerprint density at radius 2 is 1.63 bits per heavy atom. The van der Waals surface area contributed by atoms with Gasteiger partial charge in [0.05, 0.1) is 12.0 Å². The van der Waals surface area contributed by atoms with Gasteiger partial charge >= 0.3 is 0 Å². The molecule has 1 aromatic rings. The molecule has 2 nitrogen and oxygen atoms in total. The third kappa shape index (κ3) is 5.89. The van der Waals surface area contributed by atoms with Crippen molar-refractivity contribution < 1.29 is 0 Å². The molecule has 1 aromatic carbocycles. The first kappa shape index (κ1) is 15.7. The summed E-state index contributed by atoms with van der Waals surface area (Å²) in [7, 11) is 0. The largest absolute Gasteiger partial charge is 0.302 e. The van der Waals surface area contributed by atoms with Gasteiger partial charge in [-0.2, -0.15) is 5.26 Å². The van der Waals surface area contributed by atoms with E-state index in [-0.39, 0.29) is 5.92 Å². The second-order valence-electron chi connectivity index (χ2n) is 5.10. The molecule has 1 rings (SSSR count). The molecule has 0 radical (unpaired) electrons. The number of unbranched alkanes of at least 4 members (excludes halogenated alkanes) is 2. The first-order chi connectivity index (χ1) is 9.31. The topological polar surface area (TPSA) is 27.0 Å². The molecule has 0 aliphatic heterocycles. The van der Waals surface area contributed by atoms with Gasteiger partial charge in [0.15, 0.2) is 0 Å². The molecule has 0 aliphatic carbocycles. The average Bonchev–Trinajstić information content (AvgIpc) is 2.47. The van der Waals surface area contributed by atoms with E-state index < -0.39 is 0 Å². The molecule has 2 heteroatoms. The Labute approximate surface area is 118 Å². The van der Waals surface area contributed by atoms with Crippen molar-refractivity contribution in [2.45, 2.75) is 45.4 Å². The quantitative estimate of drug-likeness (QED) is 0.664. The first-order valence-corrected chi connectivity index (χ1v) is 7.48. The SMILES string of the molecule is CCCCN(CCCC)CC(C#N)c1ccccc1. The highest BCUT2D eigenvalue weighted by molar-refractivity contribution is 5.25. The molecule has 104 valence electrons. The maximum atomic E-state index is 9.40. The minimum Gasteiger partial charge on any atom is -0.302 e. The van der Waals surface area contributed by atoms with E-state index in [1.807, 2.05) is 18.2 Å². The number of nitrogens with zero attached hydrogens (tertiary/aromatic N) is 2. The fourth-order valence-electron chi connectivity index (χ4n) is 2.22. The Balaban J connectivity index is 2.61. The fraction of sp³-hybridized carbons (Fsp3) is 0.588. The maximum absolute atomic E-state index is 9.40. The summed E-state index contributed by atoms with van der Waals surface area (Å²) in [4.78, 5) is 2.45. The van der Waals surface area contributed by atoms with Crippen LogP contribution in [-0.2, 0) is 0 Å². The minimum absolute atomic E-state index is 0.00471. The minimum atomic E-state index is -0.00471. The molecule has 0 spiro atoms. The zero-order valence-electron chi connectivity index (χ0n) is 12.3. The zero-order chi connectivity index (χ0) is 13.9. The highest BCUT2D eigenvalue weighted by atomic mass is 15.1. The molecule has 1 atom stereocenters. The van der Waals surface area contributed by atoms with Crippen molar-refractivity contribution in [1.82, 2.24) is 4.90 Å².